The molecule has 0 atom stereocenters. The van der Waals surface area contributed by atoms with Crippen LogP contribution in [0.1, 0.15) is 26.3 Å². The molecule has 3 heteroatoms. The molecule has 0 unspecified atom stereocenters. The van der Waals surface area contributed by atoms with Crippen molar-refractivity contribution in [1.29, 1.82) is 0 Å². The summed E-state index contributed by atoms with van der Waals surface area (Å²) in [5, 5.41) is 0. The lowest BCUT2D eigenvalue weighted by molar-refractivity contribution is 0.378. The molecular weight excluding hydrogens is 152 g/mol. The summed E-state index contributed by atoms with van der Waals surface area (Å²) >= 11 is 0. The predicted molar refractivity (Wildman–Crippen MR) is 47.3 cm³/mol. The van der Waals surface area contributed by atoms with Gasteiger partial charge in [0, 0.05) is 12.4 Å². The fourth-order valence-electron chi connectivity index (χ4n) is 0.809. The third kappa shape index (κ3) is 1.94. The zero-order valence-corrected chi connectivity index (χ0v) is 7.96. The van der Waals surface area contributed by atoms with Crippen molar-refractivity contribution in [1.82, 2.24) is 9.97 Å². The van der Waals surface area contributed by atoms with Crippen molar-refractivity contribution in [2.75, 3.05) is 7.11 Å². The molecule has 1 aromatic rings. The van der Waals surface area contributed by atoms with Crippen LogP contribution >= 0.6 is 0 Å². The standard InChI is InChI=1S/C9H14N2O/c1-9(2,3)7-5-10-8(12-4)11-6-7/h5-6H,1-4H3. The molecule has 0 aliphatic rings. The van der Waals surface area contributed by atoms with E-state index in [1.165, 1.54) is 0 Å². The minimum absolute atomic E-state index is 0.103. The summed E-state index contributed by atoms with van der Waals surface area (Å²) in [5.41, 5.74) is 1.22. The van der Waals surface area contributed by atoms with Crippen LogP contribution in [-0.4, -0.2) is 17.1 Å². The predicted octanol–water partition coefficient (Wildman–Crippen LogP) is 1.78. The van der Waals surface area contributed by atoms with Crippen molar-refractivity contribution >= 4 is 0 Å². The third-order valence-electron chi connectivity index (χ3n) is 1.68. The van der Waals surface area contributed by atoms with Crippen LogP contribution in [0.15, 0.2) is 12.4 Å². The van der Waals surface area contributed by atoms with E-state index in [-0.39, 0.29) is 5.41 Å². The number of rotatable bonds is 1. The molecule has 0 saturated heterocycles. The highest BCUT2D eigenvalue weighted by molar-refractivity contribution is 5.16. The summed E-state index contributed by atoms with van der Waals surface area (Å²) in [6.45, 7) is 6.37. The van der Waals surface area contributed by atoms with Gasteiger partial charge in [0.1, 0.15) is 0 Å². The molecule has 0 N–H and O–H groups in total. The Morgan fingerprint density at radius 1 is 1.17 bits per heavy atom. The Balaban J connectivity index is 2.93. The average Bonchev–Trinajstić information content (AvgIpc) is 2.03. The zero-order chi connectivity index (χ0) is 9.19. The fourth-order valence-corrected chi connectivity index (χ4v) is 0.809. The summed E-state index contributed by atoms with van der Waals surface area (Å²) in [7, 11) is 1.56. The van der Waals surface area contributed by atoms with E-state index in [1.807, 2.05) is 0 Å². The Bertz CT molecular complexity index is 248. The van der Waals surface area contributed by atoms with E-state index in [0.29, 0.717) is 6.01 Å². The van der Waals surface area contributed by atoms with Gasteiger partial charge in [-0.3, -0.25) is 0 Å². The van der Waals surface area contributed by atoms with Crippen molar-refractivity contribution < 1.29 is 4.74 Å². The lowest BCUT2D eigenvalue weighted by atomic mass is 9.89. The van der Waals surface area contributed by atoms with Crippen LogP contribution in [-0.2, 0) is 5.41 Å². The lowest BCUT2D eigenvalue weighted by Gasteiger charge is -2.17. The van der Waals surface area contributed by atoms with Crippen molar-refractivity contribution in [2.45, 2.75) is 26.2 Å². The molecule has 0 aliphatic carbocycles. The summed E-state index contributed by atoms with van der Waals surface area (Å²) in [6, 6.07) is 0.419. The van der Waals surface area contributed by atoms with Gasteiger partial charge in [-0.25, -0.2) is 9.97 Å². The van der Waals surface area contributed by atoms with Gasteiger partial charge in [-0.2, -0.15) is 0 Å². The molecular formula is C9H14N2O. The number of methoxy groups -OCH3 is 1. The number of ether oxygens (including phenoxy) is 1. The first kappa shape index (κ1) is 8.97. The van der Waals surface area contributed by atoms with Gasteiger partial charge in [0.2, 0.25) is 0 Å². The van der Waals surface area contributed by atoms with Gasteiger partial charge in [-0.1, -0.05) is 20.8 Å². The minimum atomic E-state index is 0.103. The van der Waals surface area contributed by atoms with Crippen LogP contribution < -0.4 is 4.74 Å². The second-order valence-corrected chi connectivity index (χ2v) is 3.71. The molecule has 0 radical (unpaired) electrons. The molecule has 0 aromatic carbocycles. The van der Waals surface area contributed by atoms with E-state index in [9.17, 15) is 0 Å². The third-order valence-corrected chi connectivity index (χ3v) is 1.68. The van der Waals surface area contributed by atoms with E-state index in [1.54, 1.807) is 19.5 Å². The molecule has 12 heavy (non-hydrogen) atoms. The average molecular weight is 166 g/mol. The molecule has 66 valence electrons. The van der Waals surface area contributed by atoms with Crippen LogP contribution in [0.2, 0.25) is 0 Å². The summed E-state index contributed by atoms with van der Waals surface area (Å²) < 4.78 is 4.86. The maximum absolute atomic E-state index is 4.86. The van der Waals surface area contributed by atoms with Crippen LogP contribution in [0.3, 0.4) is 0 Å². The molecule has 0 spiro atoms. The van der Waals surface area contributed by atoms with Gasteiger partial charge >= 0.3 is 6.01 Å². The summed E-state index contributed by atoms with van der Waals surface area (Å²) in [6.07, 6.45) is 3.59. The topological polar surface area (TPSA) is 35.0 Å². The van der Waals surface area contributed by atoms with E-state index < -0.39 is 0 Å². The van der Waals surface area contributed by atoms with Crippen molar-refractivity contribution in [3.05, 3.63) is 18.0 Å². The van der Waals surface area contributed by atoms with Gasteiger partial charge in [-0.15, -0.1) is 0 Å². The highest BCUT2D eigenvalue weighted by Gasteiger charge is 2.14. The van der Waals surface area contributed by atoms with Gasteiger partial charge in [-0.05, 0) is 11.0 Å². The van der Waals surface area contributed by atoms with Gasteiger partial charge in [0.05, 0.1) is 7.11 Å². The Kier molecular flexibility index (Phi) is 2.31. The number of aromatic nitrogens is 2. The second-order valence-electron chi connectivity index (χ2n) is 3.71. The highest BCUT2D eigenvalue weighted by Crippen LogP contribution is 2.20. The molecule has 0 saturated carbocycles. The Hall–Kier alpha value is -1.12. The van der Waals surface area contributed by atoms with E-state index in [4.69, 9.17) is 4.74 Å². The monoisotopic (exact) mass is 166 g/mol. The maximum Gasteiger partial charge on any atom is 0.316 e. The molecule has 1 rings (SSSR count). The molecule has 0 aliphatic heterocycles. The summed E-state index contributed by atoms with van der Waals surface area (Å²) in [4.78, 5) is 8.06. The molecule has 3 nitrogen and oxygen atoms in total. The van der Waals surface area contributed by atoms with Gasteiger partial charge < -0.3 is 4.74 Å². The zero-order valence-electron chi connectivity index (χ0n) is 7.96. The van der Waals surface area contributed by atoms with Gasteiger partial charge in [0.25, 0.3) is 0 Å². The van der Waals surface area contributed by atoms with Gasteiger partial charge in [0.15, 0.2) is 0 Å². The Morgan fingerprint density at radius 2 is 1.67 bits per heavy atom. The Morgan fingerprint density at radius 3 is 2.00 bits per heavy atom. The van der Waals surface area contributed by atoms with Crippen LogP contribution in [0, 0.1) is 0 Å². The molecule has 1 aromatic heterocycles. The summed E-state index contributed by atoms with van der Waals surface area (Å²) in [5.74, 6) is 0. The first-order chi connectivity index (χ1) is 5.54. The molecule has 0 bridgehead atoms. The Labute approximate surface area is 72.8 Å². The fraction of sp³-hybridized carbons (Fsp3) is 0.556. The molecule has 0 fully saturated rings. The van der Waals surface area contributed by atoms with Crippen molar-refractivity contribution in [3.8, 4) is 6.01 Å². The quantitative estimate of drug-likeness (QED) is 0.638. The SMILES string of the molecule is COc1ncc(C(C)(C)C)cn1. The highest BCUT2D eigenvalue weighted by atomic mass is 16.5. The van der Waals surface area contributed by atoms with Crippen LogP contribution in [0.4, 0.5) is 0 Å². The number of hydrogen-bond acceptors (Lipinski definition) is 3. The first-order valence-corrected chi connectivity index (χ1v) is 3.90. The minimum Gasteiger partial charge on any atom is -0.467 e. The largest absolute Gasteiger partial charge is 0.467 e. The van der Waals surface area contributed by atoms with Crippen LogP contribution in [0.25, 0.3) is 0 Å². The van der Waals surface area contributed by atoms with E-state index >= 15 is 0 Å². The maximum atomic E-state index is 4.86. The number of hydrogen-bond donors (Lipinski definition) is 0. The first-order valence-electron chi connectivity index (χ1n) is 3.90. The molecule has 0 amide bonds. The van der Waals surface area contributed by atoms with E-state index in [0.717, 1.165) is 5.56 Å². The lowest BCUT2D eigenvalue weighted by Crippen LogP contribution is -2.12. The normalized spacial score (nSPS) is 11.3. The van der Waals surface area contributed by atoms with Crippen LogP contribution in [0.5, 0.6) is 6.01 Å². The number of nitrogens with zero attached hydrogens (tertiary/aromatic N) is 2. The van der Waals surface area contributed by atoms with E-state index in [2.05, 4.69) is 30.7 Å². The molecule has 1 heterocycles. The van der Waals surface area contributed by atoms with Crippen molar-refractivity contribution in [3.63, 3.8) is 0 Å². The van der Waals surface area contributed by atoms with Crippen molar-refractivity contribution in [2.24, 2.45) is 0 Å². The second kappa shape index (κ2) is 3.09. The smallest absolute Gasteiger partial charge is 0.316 e.